The van der Waals surface area contributed by atoms with E-state index in [9.17, 15) is 18.0 Å². The number of benzene rings is 3. The summed E-state index contributed by atoms with van der Waals surface area (Å²) in [5, 5.41) is 4.48. The average molecular weight is 699 g/mol. The van der Waals surface area contributed by atoms with Crippen molar-refractivity contribution < 1.29 is 36.2 Å². The Morgan fingerprint density at radius 3 is 2.54 bits per heavy atom. The number of aryl methyl sites for hydroxylation is 1. The van der Waals surface area contributed by atoms with Crippen LogP contribution in [0.15, 0.2) is 74.2 Å². The van der Waals surface area contributed by atoms with E-state index < -0.39 is 38.2 Å². The summed E-state index contributed by atoms with van der Waals surface area (Å²) in [6.07, 6.45) is 0.846. The van der Waals surface area contributed by atoms with Crippen molar-refractivity contribution in [3.05, 3.63) is 98.7 Å². The van der Waals surface area contributed by atoms with E-state index in [0.29, 0.717) is 28.2 Å². The molecule has 1 amide bonds. The second-order valence-corrected chi connectivity index (χ2v) is 14.5. The summed E-state index contributed by atoms with van der Waals surface area (Å²) in [4.78, 5) is 29.2. The van der Waals surface area contributed by atoms with Crippen molar-refractivity contribution in [2.24, 2.45) is 0 Å². The van der Waals surface area contributed by atoms with Crippen molar-refractivity contribution in [2.75, 3.05) is 18.5 Å². The van der Waals surface area contributed by atoms with E-state index in [-0.39, 0.29) is 35.9 Å². The van der Waals surface area contributed by atoms with Crippen LogP contribution in [0.25, 0.3) is 11.1 Å². The number of ether oxygens (including phenoxy) is 3. The largest absolute Gasteiger partial charge is 0.497 e. The van der Waals surface area contributed by atoms with Gasteiger partial charge in [-0.15, -0.1) is 11.3 Å². The van der Waals surface area contributed by atoms with Gasteiger partial charge in [-0.05, 0) is 62.6 Å². The van der Waals surface area contributed by atoms with Gasteiger partial charge in [0, 0.05) is 35.8 Å². The summed E-state index contributed by atoms with van der Waals surface area (Å²) in [6, 6.07) is 12.3. The van der Waals surface area contributed by atoms with Gasteiger partial charge in [0.05, 0.1) is 32.2 Å². The predicted octanol–water partition coefficient (Wildman–Crippen LogP) is 5.98. The number of halogens is 1. The number of aromatic nitrogens is 2. The number of fused-ring (bicyclic) bond motifs is 1. The fourth-order valence-corrected chi connectivity index (χ4v) is 7.39. The Morgan fingerprint density at radius 1 is 1.10 bits per heavy atom. The first-order valence-corrected chi connectivity index (χ1v) is 17.0. The van der Waals surface area contributed by atoms with E-state index >= 15 is 4.39 Å². The lowest BCUT2D eigenvalue weighted by Gasteiger charge is -2.23. The third-order valence-corrected chi connectivity index (χ3v) is 9.99. The van der Waals surface area contributed by atoms with Gasteiger partial charge in [-0.1, -0.05) is 18.2 Å². The van der Waals surface area contributed by atoms with Crippen molar-refractivity contribution >= 4 is 43.7 Å². The SMILES string of the molecule is COc1ccc(CN(c2nccs2)S(=O)(=O)c2cc(F)c3c(c2)oc(=O)n3Cc2cccc(C)c2CNC(=O)OC(C)(C)C)c(OC)c1. The van der Waals surface area contributed by atoms with E-state index in [2.05, 4.69) is 10.3 Å². The van der Waals surface area contributed by atoms with Crippen molar-refractivity contribution in [1.29, 1.82) is 0 Å². The first kappa shape index (κ1) is 34.4. The van der Waals surface area contributed by atoms with Gasteiger partial charge in [-0.25, -0.2) is 31.7 Å². The van der Waals surface area contributed by atoms with Crippen molar-refractivity contribution in [2.45, 2.75) is 57.8 Å². The van der Waals surface area contributed by atoms with Gasteiger partial charge in [0.2, 0.25) is 0 Å². The highest BCUT2D eigenvalue weighted by Gasteiger charge is 2.31. The molecule has 0 spiro atoms. The number of hydrogen-bond donors (Lipinski definition) is 1. The van der Waals surface area contributed by atoms with Gasteiger partial charge >= 0.3 is 11.8 Å². The maximum absolute atomic E-state index is 16.0. The molecule has 0 saturated carbocycles. The smallest absolute Gasteiger partial charge is 0.420 e. The fraction of sp³-hybridized carbons (Fsp3) is 0.303. The first-order valence-electron chi connectivity index (χ1n) is 14.7. The Bertz CT molecular complexity index is 2120. The van der Waals surface area contributed by atoms with E-state index in [4.69, 9.17) is 18.6 Å². The third-order valence-electron chi connectivity index (χ3n) is 7.36. The summed E-state index contributed by atoms with van der Waals surface area (Å²) in [7, 11) is -1.50. The number of rotatable bonds is 11. The maximum Gasteiger partial charge on any atom is 0.420 e. The molecular formula is C33H35FN4O8S2. The molecule has 0 aliphatic heterocycles. The predicted molar refractivity (Wildman–Crippen MR) is 179 cm³/mol. The topological polar surface area (TPSA) is 142 Å². The summed E-state index contributed by atoms with van der Waals surface area (Å²) in [6.45, 7) is 6.90. The number of nitrogens with one attached hydrogen (secondary N) is 1. The van der Waals surface area contributed by atoms with Crippen LogP contribution in [0.1, 0.15) is 43.0 Å². The van der Waals surface area contributed by atoms with Crippen molar-refractivity contribution in [1.82, 2.24) is 14.9 Å². The highest BCUT2D eigenvalue weighted by Crippen LogP contribution is 2.33. The van der Waals surface area contributed by atoms with Crippen molar-refractivity contribution in [3.63, 3.8) is 0 Å². The Balaban J connectivity index is 1.50. The summed E-state index contributed by atoms with van der Waals surface area (Å²) in [5.41, 5.74) is 1.52. The van der Waals surface area contributed by atoms with Crippen LogP contribution in [0, 0.1) is 12.7 Å². The number of amides is 1. The second kappa shape index (κ2) is 13.7. The van der Waals surface area contributed by atoms with E-state index in [1.807, 2.05) is 13.0 Å². The molecule has 0 atom stereocenters. The molecule has 5 aromatic rings. The zero-order valence-electron chi connectivity index (χ0n) is 27.2. The molecule has 254 valence electrons. The lowest BCUT2D eigenvalue weighted by Crippen LogP contribution is -2.32. The fourth-order valence-electron chi connectivity index (χ4n) is 5.09. The molecule has 15 heteroatoms. The van der Waals surface area contributed by atoms with Gasteiger partial charge in [-0.2, -0.15) is 0 Å². The van der Waals surface area contributed by atoms with Crippen LogP contribution in [-0.2, 0) is 34.4 Å². The van der Waals surface area contributed by atoms with Crippen LogP contribution < -0.4 is 24.9 Å². The molecule has 0 aliphatic carbocycles. The van der Waals surface area contributed by atoms with Crippen LogP contribution in [0.4, 0.5) is 14.3 Å². The van der Waals surface area contributed by atoms with Gasteiger partial charge in [0.1, 0.15) is 22.6 Å². The van der Waals surface area contributed by atoms with E-state index in [1.165, 1.54) is 20.4 Å². The first-order chi connectivity index (χ1) is 22.7. The number of sulfonamides is 1. The molecule has 3 aromatic carbocycles. The van der Waals surface area contributed by atoms with Gasteiger partial charge in [-0.3, -0.25) is 4.57 Å². The molecule has 0 radical (unpaired) electrons. The molecule has 0 unspecified atom stereocenters. The number of alkyl carbamates (subject to hydrolysis) is 1. The zero-order valence-corrected chi connectivity index (χ0v) is 28.8. The lowest BCUT2D eigenvalue weighted by atomic mass is 10.0. The number of carbonyl (C=O) groups is 1. The maximum atomic E-state index is 16.0. The molecule has 12 nitrogen and oxygen atoms in total. The van der Waals surface area contributed by atoms with Crippen LogP contribution in [0.2, 0.25) is 0 Å². The third kappa shape index (κ3) is 7.31. The monoisotopic (exact) mass is 698 g/mol. The highest BCUT2D eigenvalue weighted by molar-refractivity contribution is 7.93. The molecule has 2 heterocycles. The number of nitrogens with zero attached hydrogens (tertiary/aromatic N) is 3. The van der Waals surface area contributed by atoms with Crippen LogP contribution in [0.5, 0.6) is 11.5 Å². The minimum atomic E-state index is -4.45. The van der Waals surface area contributed by atoms with Gasteiger partial charge < -0.3 is 23.9 Å². The van der Waals surface area contributed by atoms with E-state index in [1.54, 1.807) is 56.5 Å². The standard InChI is InChI=1S/C33H35FN4O8S2/c1-20-8-7-9-21(25(20)17-36-31(39)46-33(2,3)4)18-37-29-26(34)15-24(16-28(29)45-32(37)40)48(41,42)38(30-35-12-13-47-30)19-22-10-11-23(43-5)14-27(22)44-6/h7-16H,17-19H2,1-6H3,(H,36,39). The summed E-state index contributed by atoms with van der Waals surface area (Å²) < 4.78 is 67.8. The average Bonchev–Trinajstić information content (AvgIpc) is 3.66. The number of hydrogen-bond acceptors (Lipinski definition) is 10. The molecule has 0 saturated heterocycles. The van der Waals surface area contributed by atoms with E-state index in [0.717, 1.165) is 37.9 Å². The number of methoxy groups -OCH3 is 2. The minimum Gasteiger partial charge on any atom is -0.497 e. The van der Waals surface area contributed by atoms with Crippen LogP contribution in [0.3, 0.4) is 0 Å². The van der Waals surface area contributed by atoms with Crippen molar-refractivity contribution in [3.8, 4) is 11.5 Å². The molecule has 5 rings (SSSR count). The normalized spacial score (nSPS) is 11.8. The Morgan fingerprint density at radius 2 is 1.88 bits per heavy atom. The number of anilines is 1. The van der Waals surface area contributed by atoms with Gasteiger partial charge in [0.25, 0.3) is 10.0 Å². The molecule has 0 bridgehead atoms. The molecule has 0 fully saturated rings. The molecule has 1 N–H and O–H groups in total. The highest BCUT2D eigenvalue weighted by atomic mass is 32.2. The minimum absolute atomic E-state index is 0.0951. The number of thiazole rings is 1. The Labute approximate surface area is 280 Å². The Hall–Kier alpha value is -4.89. The summed E-state index contributed by atoms with van der Waals surface area (Å²) in [5.74, 6) is -0.957. The molecule has 2 aromatic heterocycles. The van der Waals surface area contributed by atoms with Crippen LogP contribution >= 0.6 is 11.3 Å². The zero-order chi connectivity index (χ0) is 34.8. The Kier molecular flexibility index (Phi) is 9.82. The molecular weight excluding hydrogens is 664 g/mol. The number of carbonyl (C=O) groups excluding carboxylic acids is 1. The second-order valence-electron chi connectivity index (χ2n) is 11.8. The molecule has 48 heavy (non-hydrogen) atoms. The lowest BCUT2D eigenvalue weighted by molar-refractivity contribution is 0.0523. The number of oxazole rings is 1. The van der Waals surface area contributed by atoms with Gasteiger partial charge in [0.15, 0.2) is 16.5 Å². The summed E-state index contributed by atoms with van der Waals surface area (Å²) >= 11 is 1.08. The quantitative estimate of drug-likeness (QED) is 0.176. The molecule has 0 aliphatic rings. The van der Waals surface area contributed by atoms with Crippen LogP contribution in [-0.4, -0.2) is 43.9 Å².